The second-order valence-electron chi connectivity index (χ2n) is 9.33. The Kier molecular flexibility index (Phi) is 6.41. The minimum Gasteiger partial charge on any atom is -0.378 e. The molecule has 1 unspecified atom stereocenters. The van der Waals surface area contributed by atoms with Gasteiger partial charge in [0.25, 0.3) is 0 Å². The molecule has 0 spiro atoms. The normalized spacial score (nSPS) is 20.1. The van der Waals surface area contributed by atoms with Crippen molar-refractivity contribution in [3.8, 4) is 11.4 Å². The van der Waals surface area contributed by atoms with Crippen LogP contribution in [0.2, 0.25) is 0 Å². The van der Waals surface area contributed by atoms with Crippen LogP contribution in [-0.2, 0) is 26.1 Å². The number of ether oxygens (including phenoxy) is 1. The molecular weight excluding hydrogens is 514 g/mol. The second kappa shape index (κ2) is 9.72. The van der Waals surface area contributed by atoms with Crippen molar-refractivity contribution in [3.63, 3.8) is 0 Å². The van der Waals surface area contributed by atoms with Gasteiger partial charge in [-0.1, -0.05) is 12.1 Å². The molecule has 0 aliphatic carbocycles. The third kappa shape index (κ3) is 4.73. The molecule has 5 heterocycles. The summed E-state index contributed by atoms with van der Waals surface area (Å²) < 4.78 is 31.9. The number of fused-ring (bicyclic) bond motifs is 2. The van der Waals surface area contributed by atoms with Crippen molar-refractivity contribution >= 4 is 54.6 Å². The van der Waals surface area contributed by atoms with E-state index in [9.17, 15) is 13.2 Å². The number of hydrogen-bond acceptors (Lipinski definition) is 10. The Morgan fingerprint density at radius 3 is 2.81 bits per heavy atom. The number of sulfonamides is 1. The highest BCUT2D eigenvalue weighted by atomic mass is 32.2. The highest BCUT2D eigenvalue weighted by Gasteiger charge is 2.31. The Morgan fingerprint density at radius 2 is 2.03 bits per heavy atom. The summed E-state index contributed by atoms with van der Waals surface area (Å²) in [5, 5.41) is 8.16. The first kappa shape index (κ1) is 24.4. The summed E-state index contributed by atoms with van der Waals surface area (Å²) in [5.41, 5.74) is 2.69. The van der Waals surface area contributed by atoms with Gasteiger partial charge >= 0.3 is 0 Å². The zero-order chi connectivity index (χ0) is 25.6. The summed E-state index contributed by atoms with van der Waals surface area (Å²) in [6.07, 6.45) is 3.82. The molecular formula is C24H27N7O4S2. The van der Waals surface area contributed by atoms with Gasteiger partial charge in [-0.15, -0.1) is 11.3 Å². The van der Waals surface area contributed by atoms with Gasteiger partial charge in [-0.05, 0) is 12.1 Å². The molecule has 0 bridgehead atoms. The first-order chi connectivity index (χ1) is 17.9. The van der Waals surface area contributed by atoms with Gasteiger partial charge in [-0.3, -0.25) is 10.00 Å². The maximum atomic E-state index is 12.0. The van der Waals surface area contributed by atoms with E-state index in [0.29, 0.717) is 38.7 Å². The maximum absolute atomic E-state index is 12.0. The van der Waals surface area contributed by atoms with Crippen molar-refractivity contribution in [2.75, 3.05) is 57.1 Å². The molecule has 1 N–H and O–H groups in total. The zero-order valence-electron chi connectivity index (χ0n) is 20.3. The van der Waals surface area contributed by atoms with Crippen molar-refractivity contribution in [2.45, 2.75) is 12.6 Å². The van der Waals surface area contributed by atoms with Gasteiger partial charge in [0.2, 0.25) is 10.0 Å². The number of benzene rings is 1. The number of hydrogen-bond donors (Lipinski definition) is 1. The van der Waals surface area contributed by atoms with Gasteiger partial charge in [0.1, 0.15) is 6.29 Å². The van der Waals surface area contributed by atoms with Crippen LogP contribution in [-0.4, -0.2) is 102 Å². The van der Waals surface area contributed by atoms with E-state index in [-0.39, 0.29) is 6.54 Å². The second-order valence-corrected chi connectivity index (χ2v) is 12.4. The van der Waals surface area contributed by atoms with Gasteiger partial charge in [0, 0.05) is 55.1 Å². The van der Waals surface area contributed by atoms with Gasteiger partial charge in [0.15, 0.2) is 11.6 Å². The number of carbonyl (C=O) groups is 1. The highest BCUT2D eigenvalue weighted by Crippen LogP contribution is 2.36. The number of morpholine rings is 1. The van der Waals surface area contributed by atoms with Gasteiger partial charge in [-0.25, -0.2) is 18.4 Å². The minimum atomic E-state index is -3.34. The summed E-state index contributed by atoms with van der Waals surface area (Å²) >= 11 is 1.62. The molecule has 37 heavy (non-hydrogen) atoms. The van der Waals surface area contributed by atoms with Crippen LogP contribution in [0.3, 0.4) is 0 Å². The Balaban J connectivity index is 1.38. The number of nitrogens with one attached hydrogen (secondary N) is 1. The largest absolute Gasteiger partial charge is 0.378 e. The van der Waals surface area contributed by atoms with E-state index in [0.717, 1.165) is 56.8 Å². The molecule has 2 aliphatic heterocycles. The number of aldehydes is 1. The average Bonchev–Trinajstić information content (AvgIpc) is 3.54. The molecule has 1 aromatic carbocycles. The van der Waals surface area contributed by atoms with Crippen LogP contribution in [0.1, 0.15) is 4.88 Å². The summed E-state index contributed by atoms with van der Waals surface area (Å²) in [5.74, 6) is 1.52. The fourth-order valence-electron chi connectivity index (χ4n) is 4.96. The van der Waals surface area contributed by atoms with Crippen LogP contribution in [0, 0.1) is 0 Å². The van der Waals surface area contributed by atoms with E-state index >= 15 is 0 Å². The molecule has 11 nitrogen and oxygen atoms in total. The molecule has 3 aromatic heterocycles. The van der Waals surface area contributed by atoms with E-state index in [4.69, 9.17) is 14.7 Å². The third-order valence-corrected chi connectivity index (χ3v) is 9.30. The summed E-state index contributed by atoms with van der Waals surface area (Å²) in [4.78, 5) is 27.2. The first-order valence-corrected chi connectivity index (χ1v) is 14.8. The molecule has 194 valence electrons. The molecule has 0 amide bonds. The summed E-state index contributed by atoms with van der Waals surface area (Å²) in [7, 11) is -3.34. The van der Waals surface area contributed by atoms with Crippen molar-refractivity contribution in [1.29, 1.82) is 0 Å². The topological polar surface area (TPSA) is 125 Å². The Morgan fingerprint density at radius 1 is 1.19 bits per heavy atom. The number of rotatable bonds is 6. The predicted octanol–water partition coefficient (Wildman–Crippen LogP) is 1.72. The monoisotopic (exact) mass is 541 g/mol. The molecule has 13 heteroatoms. The molecule has 4 aromatic rings. The predicted molar refractivity (Wildman–Crippen MR) is 142 cm³/mol. The highest BCUT2D eigenvalue weighted by molar-refractivity contribution is 7.88. The van der Waals surface area contributed by atoms with Crippen LogP contribution in [0.4, 0.5) is 5.82 Å². The summed E-state index contributed by atoms with van der Waals surface area (Å²) in [6.45, 7) is 4.34. The zero-order valence-corrected chi connectivity index (χ0v) is 22.0. The fourth-order valence-corrected chi connectivity index (χ4v) is 6.94. The lowest BCUT2D eigenvalue weighted by molar-refractivity contribution is -0.114. The number of aromatic amines is 1. The van der Waals surface area contributed by atoms with Crippen molar-refractivity contribution < 1.29 is 17.9 Å². The van der Waals surface area contributed by atoms with Crippen molar-refractivity contribution in [1.82, 2.24) is 29.4 Å². The van der Waals surface area contributed by atoms with Crippen LogP contribution >= 0.6 is 11.3 Å². The smallest absolute Gasteiger partial charge is 0.211 e. The molecule has 2 saturated heterocycles. The van der Waals surface area contributed by atoms with E-state index in [1.807, 2.05) is 23.1 Å². The summed E-state index contributed by atoms with van der Waals surface area (Å²) in [6, 6.07) is 7.52. The number of nitrogens with zero attached hydrogens (tertiary/aromatic N) is 6. The lowest BCUT2D eigenvalue weighted by atomic mass is 10.1. The lowest BCUT2D eigenvalue weighted by Gasteiger charge is -2.37. The third-order valence-electron chi connectivity index (χ3n) is 6.92. The Hall–Kier alpha value is -2.97. The van der Waals surface area contributed by atoms with E-state index in [1.54, 1.807) is 17.5 Å². The number of piperazine rings is 1. The molecule has 2 fully saturated rings. The molecule has 1 atom stereocenters. The maximum Gasteiger partial charge on any atom is 0.211 e. The van der Waals surface area contributed by atoms with E-state index in [1.165, 1.54) is 10.6 Å². The number of anilines is 1. The van der Waals surface area contributed by atoms with Crippen LogP contribution in [0.25, 0.3) is 32.5 Å². The van der Waals surface area contributed by atoms with E-state index in [2.05, 4.69) is 21.2 Å². The molecule has 0 radical (unpaired) electrons. The van der Waals surface area contributed by atoms with E-state index < -0.39 is 16.1 Å². The van der Waals surface area contributed by atoms with Gasteiger partial charge < -0.3 is 14.4 Å². The van der Waals surface area contributed by atoms with Gasteiger partial charge in [0.05, 0.1) is 47.4 Å². The lowest BCUT2D eigenvalue weighted by Crippen LogP contribution is -2.54. The Labute approximate surface area is 218 Å². The number of carbonyl (C=O) groups excluding carboxylic acids is 1. The Bertz CT molecular complexity index is 1560. The minimum absolute atomic E-state index is 0.172. The van der Waals surface area contributed by atoms with Crippen LogP contribution in [0.15, 0.2) is 30.5 Å². The molecule has 2 aliphatic rings. The van der Waals surface area contributed by atoms with Crippen LogP contribution < -0.4 is 4.90 Å². The number of H-pyrrole nitrogens is 1. The number of aromatic nitrogens is 4. The SMILES string of the molecule is CS(=O)(=O)N1CCN(Cc2cc3nc(-c4cccc5[nH]ncc45)nc(N4CCOCC4)c3s2)C(C=O)C1. The molecule has 0 saturated carbocycles. The standard InChI is InChI=1S/C24H27N7O4S2/c1-37(33,34)31-6-5-30(16(13-31)15-32)14-17-11-21-22(36-17)24(29-7-9-35-10-8-29)27-23(26-21)18-3-2-4-20-19(18)12-25-28-20/h2-4,11-12,15-16H,5-10,13-14H2,1H3,(H,25,28). The van der Waals surface area contributed by atoms with Crippen molar-refractivity contribution in [2.24, 2.45) is 0 Å². The quantitative estimate of drug-likeness (QED) is 0.363. The first-order valence-electron chi connectivity index (χ1n) is 12.1. The fraction of sp³-hybridized carbons (Fsp3) is 0.417. The van der Waals surface area contributed by atoms with Gasteiger partial charge in [-0.2, -0.15) is 9.40 Å². The molecule has 6 rings (SSSR count). The average molecular weight is 542 g/mol. The van der Waals surface area contributed by atoms with Crippen molar-refractivity contribution in [3.05, 3.63) is 35.3 Å². The number of thiophene rings is 1. The van der Waals surface area contributed by atoms with Crippen LogP contribution in [0.5, 0.6) is 0 Å².